The smallest absolute Gasteiger partial charge is 0.331 e. The van der Waals surface area contributed by atoms with Crippen LogP contribution in [0, 0.1) is 5.92 Å². The Bertz CT molecular complexity index is 1830. The summed E-state index contributed by atoms with van der Waals surface area (Å²) in [6.45, 7) is 1.44. The fraction of sp³-hybridized carbons (Fsp3) is 0.303. The number of aromatic nitrogens is 3. The summed E-state index contributed by atoms with van der Waals surface area (Å²) in [5.74, 6) is 0.396. The van der Waals surface area contributed by atoms with Gasteiger partial charge in [-0.1, -0.05) is 24.3 Å². The SMILES string of the molecule is COC[C@@H](C)n1c(=O)c(-c2cccc(OC)c2OC)cn(CC(=O)Nc2ccc3c(c2)CC(C(=O)Nc2ccccn2)C3)c1=O. The molecule has 2 atom stereocenters. The third-order valence-corrected chi connectivity index (χ3v) is 7.75. The summed E-state index contributed by atoms with van der Waals surface area (Å²) in [7, 11) is 4.43. The molecular formula is C33H35N5O7. The number of ether oxygens (including phenoxy) is 3. The molecule has 2 amide bonds. The Morgan fingerprint density at radius 1 is 0.956 bits per heavy atom. The molecule has 234 valence electrons. The van der Waals surface area contributed by atoms with Crippen LogP contribution < -0.4 is 31.4 Å². The number of carbonyl (C=O) groups is 2. The lowest BCUT2D eigenvalue weighted by Crippen LogP contribution is -2.44. The molecule has 0 bridgehead atoms. The van der Waals surface area contributed by atoms with Crippen molar-refractivity contribution in [2.24, 2.45) is 5.92 Å². The summed E-state index contributed by atoms with van der Waals surface area (Å²) >= 11 is 0. The van der Waals surface area contributed by atoms with Crippen LogP contribution in [-0.2, 0) is 33.7 Å². The standard InChI is InChI=1S/C33H35N5O7/c1-20(19-43-2)38-32(41)26(25-8-7-9-27(44-3)30(25)45-4)17-37(33(38)42)18-29(39)35-24-12-11-21-14-23(15-22(21)16-24)31(40)36-28-10-5-6-13-34-28/h5-13,16-17,20,23H,14-15,18-19H2,1-4H3,(H,35,39)(H,34,36,40)/t20-,23?/m1/s1. The first-order valence-electron chi connectivity index (χ1n) is 14.4. The number of nitrogens with zero attached hydrogens (tertiary/aromatic N) is 3. The number of amides is 2. The Hall–Kier alpha value is -5.23. The van der Waals surface area contributed by atoms with Gasteiger partial charge in [0, 0.05) is 36.7 Å². The number of benzene rings is 2. The van der Waals surface area contributed by atoms with Gasteiger partial charge in [0.05, 0.1) is 32.4 Å². The van der Waals surface area contributed by atoms with Crippen LogP contribution in [0.5, 0.6) is 11.5 Å². The fourth-order valence-electron chi connectivity index (χ4n) is 5.62. The summed E-state index contributed by atoms with van der Waals surface area (Å²) in [6, 6.07) is 15.3. The second kappa shape index (κ2) is 13.6. The van der Waals surface area contributed by atoms with Crippen molar-refractivity contribution in [3.63, 3.8) is 0 Å². The van der Waals surface area contributed by atoms with Gasteiger partial charge >= 0.3 is 5.69 Å². The van der Waals surface area contributed by atoms with Crippen LogP contribution in [0.2, 0.25) is 0 Å². The third-order valence-electron chi connectivity index (χ3n) is 7.75. The average molecular weight is 614 g/mol. The van der Waals surface area contributed by atoms with E-state index < -0.39 is 23.2 Å². The number of para-hydroxylation sites is 1. The molecule has 45 heavy (non-hydrogen) atoms. The minimum absolute atomic E-state index is 0.107. The lowest BCUT2D eigenvalue weighted by molar-refractivity contribution is -0.119. The molecule has 0 aliphatic heterocycles. The van der Waals surface area contributed by atoms with Gasteiger partial charge in [0.25, 0.3) is 5.56 Å². The van der Waals surface area contributed by atoms with E-state index in [0.717, 1.165) is 15.7 Å². The number of rotatable bonds is 11. The van der Waals surface area contributed by atoms with Crippen LogP contribution in [0.25, 0.3) is 11.1 Å². The molecule has 12 heteroatoms. The molecule has 2 aromatic heterocycles. The predicted octanol–water partition coefficient (Wildman–Crippen LogP) is 3.29. The van der Waals surface area contributed by atoms with E-state index in [9.17, 15) is 19.2 Å². The Balaban J connectivity index is 1.39. The highest BCUT2D eigenvalue weighted by molar-refractivity contribution is 5.93. The van der Waals surface area contributed by atoms with Crippen molar-refractivity contribution in [3.8, 4) is 22.6 Å². The number of pyridine rings is 1. The van der Waals surface area contributed by atoms with Gasteiger partial charge in [-0.15, -0.1) is 0 Å². The van der Waals surface area contributed by atoms with Crippen molar-refractivity contribution in [3.05, 3.63) is 99.0 Å². The van der Waals surface area contributed by atoms with Crippen LogP contribution in [-0.4, -0.2) is 53.9 Å². The van der Waals surface area contributed by atoms with Gasteiger partial charge in [0.15, 0.2) is 11.5 Å². The molecular weight excluding hydrogens is 578 g/mol. The lowest BCUT2D eigenvalue weighted by Gasteiger charge is -2.19. The minimum atomic E-state index is -0.652. The highest BCUT2D eigenvalue weighted by Crippen LogP contribution is 2.36. The van der Waals surface area contributed by atoms with Gasteiger partial charge in [0.1, 0.15) is 12.4 Å². The van der Waals surface area contributed by atoms with E-state index in [4.69, 9.17) is 14.2 Å². The summed E-state index contributed by atoms with van der Waals surface area (Å²) in [4.78, 5) is 57.4. The molecule has 0 radical (unpaired) electrons. The van der Waals surface area contributed by atoms with Gasteiger partial charge in [0.2, 0.25) is 11.8 Å². The molecule has 1 aliphatic rings. The van der Waals surface area contributed by atoms with Gasteiger partial charge in [-0.2, -0.15) is 0 Å². The molecule has 0 fully saturated rings. The van der Waals surface area contributed by atoms with Crippen LogP contribution >= 0.6 is 0 Å². The monoisotopic (exact) mass is 613 g/mol. The van der Waals surface area contributed by atoms with Crippen molar-refractivity contribution in [2.45, 2.75) is 32.4 Å². The first-order valence-corrected chi connectivity index (χ1v) is 14.4. The van der Waals surface area contributed by atoms with Crippen molar-refractivity contribution >= 4 is 23.3 Å². The molecule has 5 rings (SSSR count). The normalized spacial score (nSPS) is 14.4. The number of nitrogens with one attached hydrogen (secondary N) is 2. The quantitative estimate of drug-likeness (QED) is 0.263. The summed E-state index contributed by atoms with van der Waals surface area (Å²) in [6.07, 6.45) is 4.08. The molecule has 12 nitrogen and oxygen atoms in total. The van der Waals surface area contributed by atoms with Crippen molar-refractivity contribution in [1.29, 1.82) is 0 Å². The number of fused-ring (bicyclic) bond motifs is 1. The second-order valence-corrected chi connectivity index (χ2v) is 10.8. The first kappa shape index (κ1) is 31.2. The average Bonchev–Trinajstić information content (AvgIpc) is 3.46. The van der Waals surface area contributed by atoms with Crippen LogP contribution in [0.1, 0.15) is 24.1 Å². The zero-order valence-corrected chi connectivity index (χ0v) is 25.5. The van der Waals surface area contributed by atoms with Crippen molar-refractivity contribution < 1.29 is 23.8 Å². The number of hydrogen-bond acceptors (Lipinski definition) is 8. The van der Waals surface area contributed by atoms with Crippen LogP contribution in [0.3, 0.4) is 0 Å². The minimum Gasteiger partial charge on any atom is -0.493 e. The van der Waals surface area contributed by atoms with E-state index >= 15 is 0 Å². The highest BCUT2D eigenvalue weighted by Gasteiger charge is 2.28. The maximum atomic E-state index is 13.7. The van der Waals surface area contributed by atoms with Crippen molar-refractivity contribution in [1.82, 2.24) is 14.1 Å². The summed E-state index contributed by atoms with van der Waals surface area (Å²) in [5.41, 5.74) is 1.90. The Kier molecular flexibility index (Phi) is 9.43. The van der Waals surface area contributed by atoms with E-state index in [-0.39, 0.29) is 30.5 Å². The van der Waals surface area contributed by atoms with Gasteiger partial charge in [-0.3, -0.25) is 23.5 Å². The predicted molar refractivity (Wildman–Crippen MR) is 169 cm³/mol. The zero-order valence-electron chi connectivity index (χ0n) is 25.5. The molecule has 0 spiro atoms. The molecule has 0 saturated heterocycles. The highest BCUT2D eigenvalue weighted by atomic mass is 16.5. The molecule has 2 heterocycles. The molecule has 2 N–H and O–H groups in total. The number of hydrogen-bond donors (Lipinski definition) is 2. The summed E-state index contributed by atoms with van der Waals surface area (Å²) in [5, 5.41) is 5.71. The van der Waals surface area contributed by atoms with E-state index in [1.54, 1.807) is 55.6 Å². The first-order chi connectivity index (χ1) is 21.7. The molecule has 4 aromatic rings. The maximum absolute atomic E-state index is 13.7. The van der Waals surface area contributed by atoms with E-state index in [2.05, 4.69) is 15.6 Å². The second-order valence-electron chi connectivity index (χ2n) is 10.8. The Morgan fingerprint density at radius 2 is 1.76 bits per heavy atom. The summed E-state index contributed by atoms with van der Waals surface area (Å²) < 4.78 is 18.5. The molecule has 0 saturated carbocycles. The largest absolute Gasteiger partial charge is 0.493 e. The fourth-order valence-corrected chi connectivity index (χ4v) is 5.62. The van der Waals surface area contributed by atoms with Crippen LogP contribution in [0.4, 0.5) is 11.5 Å². The molecule has 1 unspecified atom stereocenters. The lowest BCUT2D eigenvalue weighted by atomic mass is 10.1. The number of anilines is 2. The third kappa shape index (κ3) is 6.65. The Morgan fingerprint density at radius 3 is 2.47 bits per heavy atom. The van der Waals surface area contributed by atoms with E-state index in [0.29, 0.717) is 41.4 Å². The number of methoxy groups -OCH3 is 3. The van der Waals surface area contributed by atoms with Gasteiger partial charge in [-0.25, -0.2) is 9.78 Å². The van der Waals surface area contributed by atoms with Gasteiger partial charge < -0.3 is 24.8 Å². The maximum Gasteiger partial charge on any atom is 0.331 e. The van der Waals surface area contributed by atoms with Crippen LogP contribution in [0.15, 0.2) is 76.6 Å². The van der Waals surface area contributed by atoms with E-state index in [1.165, 1.54) is 32.1 Å². The van der Waals surface area contributed by atoms with Crippen molar-refractivity contribution in [2.75, 3.05) is 38.6 Å². The topological polar surface area (TPSA) is 143 Å². The zero-order chi connectivity index (χ0) is 32.1. The molecule has 1 aliphatic carbocycles. The number of carbonyl (C=O) groups excluding carboxylic acids is 2. The molecule has 2 aromatic carbocycles. The van der Waals surface area contributed by atoms with Gasteiger partial charge in [-0.05, 0) is 61.2 Å². The van der Waals surface area contributed by atoms with E-state index in [1.807, 2.05) is 12.1 Å². The Labute approximate surface area is 259 Å².